The summed E-state index contributed by atoms with van der Waals surface area (Å²) in [5.41, 5.74) is 1.76. The van der Waals surface area contributed by atoms with Crippen LogP contribution in [0.5, 0.6) is 0 Å². The Labute approximate surface area is 186 Å². The van der Waals surface area contributed by atoms with E-state index in [0.29, 0.717) is 29.1 Å². The summed E-state index contributed by atoms with van der Waals surface area (Å²) in [6.45, 7) is 6.92. The Balaban J connectivity index is 1.35. The summed E-state index contributed by atoms with van der Waals surface area (Å²) in [5.74, 6) is 0.709. The largest absolute Gasteiger partial charge is 0.354 e. The fraction of sp³-hybridized carbons (Fsp3) is 0.524. The van der Waals surface area contributed by atoms with Gasteiger partial charge in [0.25, 0.3) is 5.91 Å². The maximum absolute atomic E-state index is 12.4. The fourth-order valence-corrected chi connectivity index (χ4v) is 5.04. The molecule has 1 fully saturated rings. The van der Waals surface area contributed by atoms with Crippen LogP contribution < -0.4 is 10.6 Å². The van der Waals surface area contributed by atoms with Gasteiger partial charge in [-0.05, 0) is 44.9 Å². The summed E-state index contributed by atoms with van der Waals surface area (Å²) in [4.78, 5) is 26.9. The lowest BCUT2D eigenvalue weighted by Gasteiger charge is -2.33. The zero-order valence-corrected chi connectivity index (χ0v) is 19.2. The predicted octanol–water partition coefficient (Wildman–Crippen LogP) is 3.32. The highest BCUT2D eigenvalue weighted by Gasteiger charge is 2.18. The standard InChI is InChI=1S/C21H29N5O2S2/c1-15-7-3-4-9-17(15)23-20(28)21-25-24-19(30-21)14-29-13-18(27)22-10-12-26-11-6-5-8-16(26)2/h3-4,7,9,16H,5-6,8,10-14H2,1-2H3,(H,22,27)(H,23,28). The highest BCUT2D eigenvalue weighted by Crippen LogP contribution is 2.19. The molecule has 1 unspecified atom stereocenters. The molecule has 2 aromatic rings. The third kappa shape index (κ3) is 6.78. The molecule has 2 amide bonds. The second kappa shape index (κ2) is 11.4. The van der Waals surface area contributed by atoms with Crippen molar-refractivity contribution in [3.8, 4) is 0 Å². The number of nitrogens with zero attached hydrogens (tertiary/aromatic N) is 3. The second-order valence-electron chi connectivity index (χ2n) is 7.49. The highest BCUT2D eigenvalue weighted by molar-refractivity contribution is 7.99. The summed E-state index contributed by atoms with van der Waals surface area (Å²) in [7, 11) is 0. The van der Waals surface area contributed by atoms with Gasteiger partial charge in [0.05, 0.1) is 5.75 Å². The van der Waals surface area contributed by atoms with Crippen molar-refractivity contribution in [1.82, 2.24) is 20.4 Å². The van der Waals surface area contributed by atoms with Gasteiger partial charge in [-0.15, -0.1) is 22.0 Å². The molecule has 1 aromatic carbocycles. The zero-order valence-electron chi connectivity index (χ0n) is 17.5. The smallest absolute Gasteiger partial charge is 0.286 e. The molecule has 30 heavy (non-hydrogen) atoms. The Bertz CT molecular complexity index is 857. The summed E-state index contributed by atoms with van der Waals surface area (Å²) < 4.78 is 0. The summed E-state index contributed by atoms with van der Waals surface area (Å²) in [5, 5.41) is 15.0. The third-order valence-electron chi connectivity index (χ3n) is 5.17. The minimum Gasteiger partial charge on any atom is -0.354 e. The molecule has 0 saturated carbocycles. The van der Waals surface area contributed by atoms with Crippen LogP contribution in [0.3, 0.4) is 0 Å². The summed E-state index contributed by atoms with van der Waals surface area (Å²) >= 11 is 2.74. The van der Waals surface area contributed by atoms with Crippen molar-refractivity contribution in [2.45, 2.75) is 44.9 Å². The number of amides is 2. The lowest BCUT2D eigenvalue weighted by Crippen LogP contribution is -2.42. The first-order valence-electron chi connectivity index (χ1n) is 10.3. The number of thioether (sulfide) groups is 1. The van der Waals surface area contributed by atoms with E-state index in [1.807, 2.05) is 31.2 Å². The predicted molar refractivity (Wildman–Crippen MR) is 123 cm³/mol. The molecular formula is C21H29N5O2S2. The van der Waals surface area contributed by atoms with E-state index in [9.17, 15) is 9.59 Å². The monoisotopic (exact) mass is 447 g/mol. The van der Waals surface area contributed by atoms with Crippen LogP contribution in [-0.2, 0) is 10.5 Å². The molecule has 0 radical (unpaired) electrons. The number of carbonyl (C=O) groups excluding carboxylic acids is 2. The summed E-state index contributed by atoms with van der Waals surface area (Å²) in [6, 6.07) is 8.21. The van der Waals surface area contributed by atoms with Crippen LogP contribution in [0.15, 0.2) is 24.3 Å². The van der Waals surface area contributed by atoms with E-state index in [1.54, 1.807) is 0 Å². The van der Waals surface area contributed by atoms with Crippen molar-refractivity contribution in [1.29, 1.82) is 0 Å². The van der Waals surface area contributed by atoms with Crippen molar-refractivity contribution in [2.75, 3.05) is 30.7 Å². The van der Waals surface area contributed by atoms with Crippen molar-refractivity contribution >= 4 is 40.6 Å². The maximum atomic E-state index is 12.4. The maximum Gasteiger partial charge on any atom is 0.286 e. The van der Waals surface area contributed by atoms with Gasteiger partial charge in [0, 0.05) is 30.6 Å². The number of benzene rings is 1. The Morgan fingerprint density at radius 1 is 1.27 bits per heavy atom. The van der Waals surface area contributed by atoms with Crippen LogP contribution in [0, 0.1) is 6.92 Å². The van der Waals surface area contributed by atoms with E-state index in [0.717, 1.165) is 29.3 Å². The molecule has 1 atom stereocenters. The Hall–Kier alpha value is -1.97. The Morgan fingerprint density at radius 3 is 2.90 bits per heavy atom. The number of aryl methyl sites for hydroxylation is 1. The number of piperidine rings is 1. The molecule has 0 spiro atoms. The molecule has 2 heterocycles. The quantitative estimate of drug-likeness (QED) is 0.613. The molecule has 0 aliphatic carbocycles. The van der Waals surface area contributed by atoms with Gasteiger partial charge >= 0.3 is 0 Å². The molecular weight excluding hydrogens is 418 g/mol. The third-order valence-corrected chi connectivity index (χ3v) is 7.22. The van der Waals surface area contributed by atoms with Crippen LogP contribution in [0.25, 0.3) is 0 Å². The number of hydrogen-bond donors (Lipinski definition) is 2. The van der Waals surface area contributed by atoms with Crippen molar-refractivity contribution < 1.29 is 9.59 Å². The van der Waals surface area contributed by atoms with Gasteiger partial charge in [-0.3, -0.25) is 14.5 Å². The first-order valence-corrected chi connectivity index (χ1v) is 12.3. The SMILES string of the molecule is Cc1ccccc1NC(=O)c1nnc(CSCC(=O)NCCN2CCCCC2C)s1. The van der Waals surface area contributed by atoms with E-state index in [4.69, 9.17) is 0 Å². The van der Waals surface area contributed by atoms with Crippen molar-refractivity contribution in [2.24, 2.45) is 0 Å². The van der Waals surface area contributed by atoms with Gasteiger partial charge in [-0.2, -0.15) is 0 Å². The molecule has 9 heteroatoms. The first-order chi connectivity index (χ1) is 14.5. The van der Waals surface area contributed by atoms with Crippen LogP contribution in [-0.4, -0.2) is 58.3 Å². The average Bonchev–Trinajstić information content (AvgIpc) is 3.20. The van der Waals surface area contributed by atoms with Crippen LogP contribution in [0.2, 0.25) is 0 Å². The Morgan fingerprint density at radius 2 is 2.10 bits per heavy atom. The minimum absolute atomic E-state index is 0.0340. The van der Waals surface area contributed by atoms with Gasteiger partial charge < -0.3 is 10.6 Å². The molecule has 2 N–H and O–H groups in total. The number of hydrogen-bond acceptors (Lipinski definition) is 7. The fourth-order valence-electron chi connectivity index (χ4n) is 3.40. The van der Waals surface area contributed by atoms with E-state index in [-0.39, 0.29) is 11.8 Å². The summed E-state index contributed by atoms with van der Waals surface area (Å²) in [6.07, 6.45) is 3.80. The molecule has 3 rings (SSSR count). The van der Waals surface area contributed by atoms with Crippen LogP contribution in [0.4, 0.5) is 5.69 Å². The molecule has 1 aliphatic rings. The van der Waals surface area contributed by atoms with Gasteiger partial charge in [0.1, 0.15) is 5.01 Å². The molecule has 162 valence electrons. The van der Waals surface area contributed by atoms with Crippen molar-refractivity contribution in [3.05, 3.63) is 39.8 Å². The van der Waals surface area contributed by atoms with E-state index >= 15 is 0 Å². The normalized spacial score (nSPS) is 16.9. The van der Waals surface area contributed by atoms with Crippen molar-refractivity contribution in [3.63, 3.8) is 0 Å². The lowest BCUT2D eigenvalue weighted by atomic mass is 10.0. The molecule has 0 bridgehead atoms. The number of carbonyl (C=O) groups is 2. The highest BCUT2D eigenvalue weighted by atomic mass is 32.2. The minimum atomic E-state index is -0.261. The number of rotatable bonds is 9. The molecule has 1 aliphatic heterocycles. The zero-order chi connectivity index (χ0) is 21.3. The molecule has 1 saturated heterocycles. The number of nitrogens with one attached hydrogen (secondary N) is 2. The van der Waals surface area contributed by atoms with Gasteiger partial charge in [-0.25, -0.2) is 0 Å². The number of likely N-dealkylation sites (tertiary alicyclic amines) is 1. The number of aromatic nitrogens is 2. The van der Waals surface area contributed by atoms with E-state index in [2.05, 4.69) is 32.7 Å². The second-order valence-corrected chi connectivity index (χ2v) is 9.54. The molecule has 1 aromatic heterocycles. The average molecular weight is 448 g/mol. The van der Waals surface area contributed by atoms with Crippen LogP contribution >= 0.6 is 23.1 Å². The first kappa shape index (κ1) is 22.7. The number of anilines is 1. The number of para-hydroxylation sites is 1. The topological polar surface area (TPSA) is 87.2 Å². The van der Waals surface area contributed by atoms with Crippen LogP contribution in [0.1, 0.15) is 46.6 Å². The van der Waals surface area contributed by atoms with E-state index in [1.165, 1.54) is 42.4 Å². The lowest BCUT2D eigenvalue weighted by molar-refractivity contribution is -0.118. The van der Waals surface area contributed by atoms with E-state index < -0.39 is 0 Å². The van der Waals surface area contributed by atoms with Gasteiger partial charge in [-0.1, -0.05) is 36.0 Å². The molecule has 7 nitrogen and oxygen atoms in total. The van der Waals surface area contributed by atoms with Gasteiger partial charge in [0.15, 0.2) is 0 Å². The Kier molecular flexibility index (Phi) is 8.65. The van der Waals surface area contributed by atoms with Gasteiger partial charge in [0.2, 0.25) is 10.9 Å².